The Labute approximate surface area is 209 Å². The highest BCUT2D eigenvalue weighted by Crippen LogP contribution is 2.65. The summed E-state index contributed by atoms with van der Waals surface area (Å²) < 4.78 is 14.7. The van der Waals surface area contributed by atoms with Crippen LogP contribution < -0.4 is 5.73 Å². The molecular formula is C27H36FNO7. The van der Waals surface area contributed by atoms with Gasteiger partial charge < -0.3 is 26.2 Å². The van der Waals surface area contributed by atoms with Crippen LogP contribution in [-0.4, -0.2) is 55.7 Å². The molecule has 3 aliphatic rings. The van der Waals surface area contributed by atoms with Gasteiger partial charge in [-0.1, -0.05) is 41.5 Å². The smallest absolute Gasteiger partial charge is 0.230 e. The van der Waals surface area contributed by atoms with E-state index in [2.05, 4.69) is 0 Å². The van der Waals surface area contributed by atoms with Crippen molar-refractivity contribution in [3.05, 3.63) is 28.6 Å². The van der Waals surface area contributed by atoms with Crippen molar-refractivity contribution in [2.75, 3.05) is 0 Å². The van der Waals surface area contributed by atoms with Gasteiger partial charge in [0.1, 0.15) is 12.0 Å². The summed E-state index contributed by atoms with van der Waals surface area (Å²) in [6.45, 7) is 10.6. The maximum Gasteiger partial charge on any atom is 0.230 e. The number of benzene rings is 1. The summed E-state index contributed by atoms with van der Waals surface area (Å²) in [5, 5.41) is 45.4. The Kier molecular flexibility index (Phi) is 5.98. The molecule has 198 valence electrons. The molecule has 1 aromatic rings. The van der Waals surface area contributed by atoms with Crippen LogP contribution in [0.15, 0.2) is 6.07 Å². The van der Waals surface area contributed by atoms with E-state index in [1.165, 1.54) is 6.07 Å². The van der Waals surface area contributed by atoms with E-state index in [1.54, 1.807) is 27.7 Å². The number of primary amides is 1. The van der Waals surface area contributed by atoms with Gasteiger partial charge in [-0.3, -0.25) is 14.4 Å². The summed E-state index contributed by atoms with van der Waals surface area (Å²) in [5.41, 5.74) is 1.23. The first-order valence-electron chi connectivity index (χ1n) is 12.5. The number of carbonyl (C=O) groups excluding carboxylic acids is 3. The molecule has 1 aromatic carbocycles. The monoisotopic (exact) mass is 505 g/mol. The number of aliphatic hydroxyl groups excluding tert-OH is 2. The number of carbonyl (C=O) groups is 3. The summed E-state index contributed by atoms with van der Waals surface area (Å²) in [6, 6.07) is 1.22. The number of fused-ring (bicyclic) bond motifs is 3. The number of hydrogen-bond acceptors (Lipinski definition) is 7. The molecule has 2 saturated carbocycles. The summed E-state index contributed by atoms with van der Waals surface area (Å²) >= 11 is 0. The van der Waals surface area contributed by atoms with E-state index < -0.39 is 75.4 Å². The predicted molar refractivity (Wildman–Crippen MR) is 127 cm³/mol. The third-order valence-corrected chi connectivity index (χ3v) is 9.39. The minimum atomic E-state index is -2.58. The van der Waals surface area contributed by atoms with Gasteiger partial charge in [-0.05, 0) is 53.2 Å². The van der Waals surface area contributed by atoms with Crippen LogP contribution in [0.4, 0.5) is 4.39 Å². The number of rotatable bonds is 3. The standard InChI is InChI=1S/C27H36FNO7/c1-10(2)12-7-14(28)19(30)15-13(12)8-25(5)9-26(6)17(11(3)4)21(32)16(24(29)35)22(33)27(26,36)23(34)18(25)20(15)31/h7,10-11,16-18,21,23,30,32,34,36H,8-9H2,1-6H3,(H2,29,35)/t16-,17+,18-,21?,23?,25-,26-,27+/m1/s1. The number of nitrogens with two attached hydrogens (primary N) is 1. The molecular weight excluding hydrogens is 469 g/mol. The Morgan fingerprint density at radius 2 is 1.75 bits per heavy atom. The molecule has 36 heavy (non-hydrogen) atoms. The zero-order chi connectivity index (χ0) is 27.3. The first-order valence-corrected chi connectivity index (χ1v) is 12.5. The molecule has 9 heteroatoms. The number of amides is 1. The van der Waals surface area contributed by atoms with E-state index in [0.717, 1.165) is 0 Å². The number of halogens is 1. The number of aliphatic hydroxyl groups is 3. The third kappa shape index (κ3) is 3.12. The zero-order valence-electron chi connectivity index (χ0n) is 21.5. The van der Waals surface area contributed by atoms with Crippen LogP contribution in [0.3, 0.4) is 0 Å². The molecule has 0 spiro atoms. The first kappa shape index (κ1) is 26.7. The second kappa shape index (κ2) is 8.07. The van der Waals surface area contributed by atoms with Crippen LogP contribution in [0.5, 0.6) is 5.75 Å². The molecule has 0 aliphatic heterocycles. The van der Waals surface area contributed by atoms with Crippen molar-refractivity contribution in [2.45, 2.75) is 78.1 Å². The quantitative estimate of drug-likeness (QED) is 0.392. The average Bonchev–Trinajstić information content (AvgIpc) is 2.72. The van der Waals surface area contributed by atoms with Gasteiger partial charge in [0.05, 0.1) is 17.6 Å². The Balaban J connectivity index is 2.00. The van der Waals surface area contributed by atoms with E-state index in [0.29, 0.717) is 11.1 Å². The van der Waals surface area contributed by atoms with Crippen LogP contribution in [0.2, 0.25) is 0 Å². The van der Waals surface area contributed by atoms with Gasteiger partial charge in [-0.25, -0.2) is 4.39 Å². The molecule has 0 aromatic heterocycles. The van der Waals surface area contributed by atoms with Crippen molar-refractivity contribution in [2.24, 2.45) is 40.2 Å². The van der Waals surface area contributed by atoms with Crippen molar-refractivity contribution in [3.63, 3.8) is 0 Å². The number of aromatic hydroxyl groups is 1. The molecule has 1 amide bonds. The maximum absolute atomic E-state index is 14.7. The zero-order valence-corrected chi connectivity index (χ0v) is 21.5. The second-order valence-electron chi connectivity index (χ2n) is 12.3. The van der Waals surface area contributed by atoms with Crippen molar-refractivity contribution in [1.29, 1.82) is 0 Å². The molecule has 4 rings (SSSR count). The topological polar surface area (TPSA) is 158 Å². The molecule has 8 atom stereocenters. The fraction of sp³-hybridized carbons (Fsp3) is 0.667. The van der Waals surface area contributed by atoms with E-state index >= 15 is 0 Å². The third-order valence-electron chi connectivity index (χ3n) is 9.39. The van der Waals surface area contributed by atoms with Crippen LogP contribution in [0.1, 0.15) is 75.4 Å². The van der Waals surface area contributed by atoms with E-state index in [4.69, 9.17) is 5.73 Å². The molecule has 0 bridgehead atoms. The fourth-order valence-electron chi connectivity index (χ4n) is 8.11. The average molecular weight is 506 g/mol. The molecule has 8 nitrogen and oxygen atoms in total. The van der Waals surface area contributed by atoms with E-state index in [-0.39, 0.29) is 30.2 Å². The molecule has 3 aliphatic carbocycles. The van der Waals surface area contributed by atoms with Crippen LogP contribution in [0, 0.1) is 40.3 Å². The van der Waals surface area contributed by atoms with Gasteiger partial charge in [0.2, 0.25) is 5.91 Å². The van der Waals surface area contributed by atoms with Gasteiger partial charge in [-0.15, -0.1) is 0 Å². The lowest BCUT2D eigenvalue weighted by Crippen LogP contribution is -2.79. The Morgan fingerprint density at radius 3 is 2.25 bits per heavy atom. The Morgan fingerprint density at radius 1 is 1.17 bits per heavy atom. The lowest BCUT2D eigenvalue weighted by molar-refractivity contribution is -0.265. The van der Waals surface area contributed by atoms with Crippen molar-refractivity contribution < 1.29 is 39.2 Å². The lowest BCUT2D eigenvalue weighted by atomic mass is 9.39. The first-order chi connectivity index (χ1) is 16.5. The Bertz CT molecular complexity index is 1170. The molecule has 2 unspecified atom stereocenters. The number of Topliss-reactive ketones (excluding diaryl/α,β-unsaturated/α-hetero) is 2. The second-order valence-corrected chi connectivity index (χ2v) is 12.3. The Hall–Kier alpha value is -2.36. The molecule has 0 heterocycles. The van der Waals surface area contributed by atoms with Gasteiger partial charge in [0.25, 0.3) is 0 Å². The minimum Gasteiger partial charge on any atom is -0.504 e. The maximum atomic E-state index is 14.7. The van der Waals surface area contributed by atoms with E-state index in [9.17, 15) is 39.2 Å². The number of phenols is 1. The van der Waals surface area contributed by atoms with Crippen molar-refractivity contribution >= 4 is 17.5 Å². The summed E-state index contributed by atoms with van der Waals surface area (Å²) in [7, 11) is 0. The molecule has 0 saturated heterocycles. The highest BCUT2D eigenvalue weighted by molar-refractivity contribution is 6.09. The van der Waals surface area contributed by atoms with Crippen LogP contribution in [0.25, 0.3) is 0 Å². The number of phenolic OH excluding ortho intramolecular Hbond substituents is 1. The summed E-state index contributed by atoms with van der Waals surface area (Å²) in [4.78, 5) is 39.7. The van der Waals surface area contributed by atoms with Crippen molar-refractivity contribution in [1.82, 2.24) is 0 Å². The number of hydrogen-bond donors (Lipinski definition) is 5. The normalized spacial score (nSPS) is 40.2. The van der Waals surface area contributed by atoms with Gasteiger partial charge in [0, 0.05) is 5.41 Å². The van der Waals surface area contributed by atoms with Crippen LogP contribution >= 0.6 is 0 Å². The molecule has 6 N–H and O–H groups in total. The van der Waals surface area contributed by atoms with Crippen molar-refractivity contribution in [3.8, 4) is 5.75 Å². The molecule has 2 fully saturated rings. The lowest BCUT2D eigenvalue weighted by Gasteiger charge is -2.66. The summed E-state index contributed by atoms with van der Waals surface area (Å²) in [5.74, 6) is -9.24. The van der Waals surface area contributed by atoms with Gasteiger partial charge in [-0.2, -0.15) is 0 Å². The molecule has 0 radical (unpaired) electrons. The fourth-order valence-corrected chi connectivity index (χ4v) is 8.11. The minimum absolute atomic E-state index is 0.0518. The predicted octanol–water partition coefficient (Wildman–Crippen LogP) is 1.84. The largest absolute Gasteiger partial charge is 0.504 e. The number of ketones is 2. The highest BCUT2D eigenvalue weighted by atomic mass is 19.1. The van der Waals surface area contributed by atoms with Crippen LogP contribution in [-0.2, 0) is 16.0 Å². The van der Waals surface area contributed by atoms with Gasteiger partial charge in [0.15, 0.2) is 28.7 Å². The van der Waals surface area contributed by atoms with Gasteiger partial charge >= 0.3 is 0 Å². The van der Waals surface area contributed by atoms with E-state index in [1.807, 2.05) is 13.8 Å². The summed E-state index contributed by atoms with van der Waals surface area (Å²) in [6.07, 6.45) is -3.23. The SMILES string of the molecule is CC(C)c1cc(F)c(O)c2c1C[C@]1(C)C[C@]3(C)[C@@H](C(C)C)C(O)[C@@H](C(N)=O)C(=O)[C@]3(O)C(O)[C@H]1C2=O. The highest BCUT2D eigenvalue weighted by Gasteiger charge is 2.75.